The average Bonchev–Trinajstić information content (AvgIpc) is 2.32. The zero-order chi connectivity index (χ0) is 9.59. The van der Waals surface area contributed by atoms with Crippen LogP contribution in [0.1, 0.15) is 34.5 Å². The largest absolute Gasteiger partial charge is 0.269 e. The van der Waals surface area contributed by atoms with Crippen molar-refractivity contribution in [3.8, 4) is 0 Å². The molecule has 2 N–H and O–H groups in total. The molecule has 0 radical (unpaired) electrons. The molecule has 68 valence electrons. The predicted octanol–water partition coefficient (Wildman–Crippen LogP) is 1.39. The molecule has 0 saturated carbocycles. The number of aryl methyl sites for hydroxylation is 1. The van der Waals surface area contributed by atoms with Gasteiger partial charge in [0.1, 0.15) is 0 Å². The van der Waals surface area contributed by atoms with E-state index in [9.17, 15) is 4.79 Å². The summed E-state index contributed by atoms with van der Waals surface area (Å²) in [5.41, 5.74) is 2.93. The van der Waals surface area contributed by atoms with Gasteiger partial charge in [-0.2, -0.15) is 0 Å². The Morgan fingerprint density at radius 1 is 1.46 bits per heavy atom. The van der Waals surface area contributed by atoms with E-state index in [1.807, 2.05) is 32.0 Å². The predicted molar refractivity (Wildman–Crippen MR) is 50.0 cm³/mol. The van der Waals surface area contributed by atoms with Crippen molar-refractivity contribution in [2.75, 3.05) is 0 Å². The molecule has 1 aliphatic rings. The molecule has 1 aromatic carbocycles. The molecule has 2 rings (SSSR count). The fourth-order valence-corrected chi connectivity index (χ4v) is 1.69. The summed E-state index contributed by atoms with van der Waals surface area (Å²) >= 11 is 0. The minimum Gasteiger partial charge on any atom is -0.269 e. The van der Waals surface area contributed by atoms with Gasteiger partial charge in [0.05, 0.1) is 6.04 Å². The summed E-state index contributed by atoms with van der Waals surface area (Å²) in [6, 6.07) is 5.80. The number of hydrogen-bond donors (Lipinski definition) is 1. The standard InChI is InChI=1S/C10H12N2O/c1-6-3-4-8-9(5-6)7(2)12(11)10(8)13/h3-5,7H,11H2,1-2H3. The third kappa shape index (κ3) is 1.04. The van der Waals surface area contributed by atoms with Crippen molar-refractivity contribution in [3.63, 3.8) is 0 Å². The van der Waals surface area contributed by atoms with Crippen LogP contribution in [0.4, 0.5) is 0 Å². The highest BCUT2D eigenvalue weighted by Crippen LogP contribution is 2.30. The molecule has 1 aromatic rings. The molecule has 1 amide bonds. The maximum Gasteiger partial charge on any atom is 0.268 e. The van der Waals surface area contributed by atoms with Crippen LogP contribution in [0.3, 0.4) is 0 Å². The van der Waals surface area contributed by atoms with Crippen LogP contribution in [0.2, 0.25) is 0 Å². The van der Waals surface area contributed by atoms with E-state index < -0.39 is 0 Å². The summed E-state index contributed by atoms with van der Waals surface area (Å²) in [4.78, 5) is 11.5. The van der Waals surface area contributed by atoms with Crippen molar-refractivity contribution < 1.29 is 4.79 Å². The van der Waals surface area contributed by atoms with E-state index in [0.717, 1.165) is 16.7 Å². The lowest BCUT2D eigenvalue weighted by molar-refractivity contribution is 0.0737. The highest BCUT2D eigenvalue weighted by Gasteiger charge is 2.31. The molecule has 3 heteroatoms. The molecule has 1 atom stereocenters. The number of carbonyl (C=O) groups excluding carboxylic acids is 1. The van der Waals surface area contributed by atoms with E-state index in [1.54, 1.807) is 0 Å². The van der Waals surface area contributed by atoms with Crippen LogP contribution < -0.4 is 5.84 Å². The lowest BCUT2D eigenvalue weighted by atomic mass is 10.0. The van der Waals surface area contributed by atoms with Gasteiger partial charge in [0, 0.05) is 5.56 Å². The van der Waals surface area contributed by atoms with Crippen LogP contribution in [0.15, 0.2) is 18.2 Å². The van der Waals surface area contributed by atoms with Crippen molar-refractivity contribution in [2.45, 2.75) is 19.9 Å². The Morgan fingerprint density at radius 2 is 2.15 bits per heavy atom. The number of hydrogen-bond acceptors (Lipinski definition) is 2. The van der Waals surface area contributed by atoms with Gasteiger partial charge in [-0.1, -0.05) is 17.7 Å². The van der Waals surface area contributed by atoms with Crippen molar-refractivity contribution in [2.24, 2.45) is 5.84 Å². The molecule has 0 saturated heterocycles. The normalized spacial score (nSPS) is 20.7. The summed E-state index contributed by atoms with van der Waals surface area (Å²) in [5.74, 6) is 5.52. The third-order valence-corrected chi connectivity index (χ3v) is 2.54. The van der Waals surface area contributed by atoms with Crippen LogP contribution in [-0.4, -0.2) is 10.9 Å². The lowest BCUT2D eigenvalue weighted by Gasteiger charge is -2.14. The molecule has 3 nitrogen and oxygen atoms in total. The Hall–Kier alpha value is -1.35. The first-order valence-corrected chi connectivity index (χ1v) is 4.30. The molecule has 1 unspecified atom stereocenters. The quantitative estimate of drug-likeness (QED) is 0.479. The number of hydrazine groups is 1. The van der Waals surface area contributed by atoms with Crippen LogP contribution in [0.25, 0.3) is 0 Å². The lowest BCUT2D eigenvalue weighted by Crippen LogP contribution is -2.33. The Labute approximate surface area is 77.1 Å². The van der Waals surface area contributed by atoms with Gasteiger partial charge >= 0.3 is 0 Å². The summed E-state index contributed by atoms with van der Waals surface area (Å²) in [5, 5.41) is 1.28. The fraction of sp³-hybridized carbons (Fsp3) is 0.300. The molecule has 0 fully saturated rings. The van der Waals surface area contributed by atoms with Crippen molar-refractivity contribution >= 4 is 5.91 Å². The zero-order valence-electron chi connectivity index (χ0n) is 7.74. The van der Waals surface area contributed by atoms with Gasteiger partial charge in [0.15, 0.2) is 0 Å². The van der Waals surface area contributed by atoms with Crippen LogP contribution >= 0.6 is 0 Å². The van der Waals surface area contributed by atoms with Gasteiger partial charge < -0.3 is 0 Å². The SMILES string of the molecule is Cc1ccc2c(c1)C(C)N(N)C2=O. The number of benzene rings is 1. The molecule has 13 heavy (non-hydrogen) atoms. The minimum absolute atomic E-state index is 0.00222. The van der Waals surface area contributed by atoms with Gasteiger partial charge in [-0.05, 0) is 25.5 Å². The van der Waals surface area contributed by atoms with Crippen LogP contribution in [0, 0.1) is 6.92 Å². The van der Waals surface area contributed by atoms with Gasteiger partial charge in [-0.25, -0.2) is 5.84 Å². The molecule has 0 spiro atoms. The molecule has 1 aliphatic heterocycles. The fourth-order valence-electron chi connectivity index (χ4n) is 1.69. The Bertz CT molecular complexity index is 373. The van der Waals surface area contributed by atoms with E-state index in [2.05, 4.69) is 0 Å². The number of nitrogens with zero attached hydrogens (tertiary/aromatic N) is 1. The number of fused-ring (bicyclic) bond motifs is 1. The van der Waals surface area contributed by atoms with Gasteiger partial charge in [-0.15, -0.1) is 0 Å². The highest BCUT2D eigenvalue weighted by atomic mass is 16.2. The smallest absolute Gasteiger partial charge is 0.268 e. The van der Waals surface area contributed by atoms with E-state index in [1.165, 1.54) is 5.01 Å². The van der Waals surface area contributed by atoms with Crippen molar-refractivity contribution in [3.05, 3.63) is 34.9 Å². The minimum atomic E-state index is -0.0810. The molecular formula is C10H12N2O. The maximum absolute atomic E-state index is 11.5. The first-order valence-electron chi connectivity index (χ1n) is 4.30. The average molecular weight is 176 g/mol. The Balaban J connectivity index is 2.60. The zero-order valence-corrected chi connectivity index (χ0v) is 7.74. The summed E-state index contributed by atoms with van der Waals surface area (Å²) in [6.07, 6.45) is 0. The van der Waals surface area contributed by atoms with E-state index >= 15 is 0 Å². The van der Waals surface area contributed by atoms with E-state index in [4.69, 9.17) is 5.84 Å². The molecular weight excluding hydrogens is 164 g/mol. The first kappa shape index (κ1) is 8.26. The van der Waals surface area contributed by atoms with Gasteiger partial charge in [-0.3, -0.25) is 9.80 Å². The van der Waals surface area contributed by atoms with Crippen LogP contribution in [-0.2, 0) is 0 Å². The maximum atomic E-state index is 11.5. The van der Waals surface area contributed by atoms with E-state index in [0.29, 0.717) is 0 Å². The summed E-state index contributed by atoms with van der Waals surface area (Å²) in [6.45, 7) is 3.94. The second-order valence-electron chi connectivity index (χ2n) is 3.48. The monoisotopic (exact) mass is 176 g/mol. The van der Waals surface area contributed by atoms with Gasteiger partial charge in [0.25, 0.3) is 5.91 Å². The number of nitrogens with two attached hydrogens (primary N) is 1. The number of carbonyl (C=O) groups is 1. The third-order valence-electron chi connectivity index (χ3n) is 2.54. The van der Waals surface area contributed by atoms with E-state index in [-0.39, 0.29) is 11.9 Å². The molecule has 0 aliphatic carbocycles. The molecule has 1 heterocycles. The summed E-state index contributed by atoms with van der Waals surface area (Å²) < 4.78 is 0. The van der Waals surface area contributed by atoms with Crippen LogP contribution in [0.5, 0.6) is 0 Å². The topological polar surface area (TPSA) is 46.3 Å². The second kappa shape index (κ2) is 2.57. The Morgan fingerprint density at radius 3 is 2.85 bits per heavy atom. The number of rotatable bonds is 0. The highest BCUT2D eigenvalue weighted by molar-refractivity contribution is 5.98. The Kier molecular flexibility index (Phi) is 1.63. The molecule has 0 aromatic heterocycles. The van der Waals surface area contributed by atoms with Crippen molar-refractivity contribution in [1.29, 1.82) is 0 Å². The number of amides is 1. The first-order chi connectivity index (χ1) is 6.11. The van der Waals surface area contributed by atoms with Gasteiger partial charge in [0.2, 0.25) is 0 Å². The summed E-state index contributed by atoms with van der Waals surface area (Å²) in [7, 11) is 0. The van der Waals surface area contributed by atoms with Crippen molar-refractivity contribution in [1.82, 2.24) is 5.01 Å². The molecule has 0 bridgehead atoms. The second-order valence-corrected chi connectivity index (χ2v) is 3.48.